The Hall–Kier alpha value is -1.03. The predicted octanol–water partition coefficient (Wildman–Crippen LogP) is 6.55. The molecule has 0 heterocycles. The molecule has 0 aliphatic rings. The Morgan fingerprint density at radius 3 is 2.05 bits per heavy atom. The molecular formula is C16H14S3. The molecule has 2 aromatic rings. The summed E-state index contributed by atoms with van der Waals surface area (Å²) in [6, 6.07) is 10.9. The van der Waals surface area contributed by atoms with E-state index < -0.39 is 0 Å². The van der Waals surface area contributed by atoms with Gasteiger partial charge in [-0.25, -0.2) is 0 Å². The highest BCUT2D eigenvalue weighted by Crippen LogP contribution is 2.35. The molecule has 0 bridgehead atoms. The van der Waals surface area contributed by atoms with Crippen LogP contribution in [0.5, 0.6) is 0 Å². The molecule has 0 radical (unpaired) electrons. The van der Waals surface area contributed by atoms with Gasteiger partial charge in [-0.05, 0) is 51.3 Å². The van der Waals surface area contributed by atoms with Crippen molar-refractivity contribution in [3.8, 4) is 0 Å². The molecule has 96 valence electrons. The minimum absolute atomic E-state index is 1.20. The molecule has 3 heteroatoms. The summed E-state index contributed by atoms with van der Waals surface area (Å²) in [6.45, 7) is 11.3. The van der Waals surface area contributed by atoms with Crippen LogP contribution in [0.4, 0.5) is 0 Å². The zero-order valence-electron chi connectivity index (χ0n) is 10.5. The maximum Gasteiger partial charge on any atom is 0.0205 e. The highest BCUT2D eigenvalue weighted by molar-refractivity contribution is 8.03. The number of thioether (sulfide) groups is 3. The molecule has 0 fully saturated rings. The summed E-state index contributed by atoms with van der Waals surface area (Å²) >= 11 is 4.93. The molecule has 2 rings (SSSR count). The molecule has 0 nitrogen and oxygen atoms in total. The molecule has 0 saturated carbocycles. The Morgan fingerprint density at radius 1 is 0.737 bits per heavy atom. The van der Waals surface area contributed by atoms with Crippen LogP contribution < -0.4 is 0 Å². The zero-order chi connectivity index (χ0) is 13.7. The van der Waals surface area contributed by atoms with Gasteiger partial charge < -0.3 is 0 Å². The van der Waals surface area contributed by atoms with E-state index in [1.807, 2.05) is 16.2 Å². The average Bonchev–Trinajstić information content (AvgIpc) is 2.39. The van der Waals surface area contributed by atoms with Crippen molar-refractivity contribution in [1.82, 2.24) is 0 Å². The Kier molecular flexibility index (Phi) is 5.25. The van der Waals surface area contributed by atoms with E-state index in [9.17, 15) is 0 Å². The molecule has 0 aliphatic carbocycles. The van der Waals surface area contributed by atoms with E-state index in [0.29, 0.717) is 0 Å². The lowest BCUT2D eigenvalue weighted by Crippen LogP contribution is -1.80. The Morgan fingerprint density at radius 2 is 1.37 bits per heavy atom. The van der Waals surface area contributed by atoms with Crippen molar-refractivity contribution in [3.05, 3.63) is 66.3 Å². The topological polar surface area (TPSA) is 0 Å². The van der Waals surface area contributed by atoms with Crippen LogP contribution >= 0.6 is 35.3 Å². The van der Waals surface area contributed by atoms with Crippen molar-refractivity contribution < 1.29 is 0 Å². The van der Waals surface area contributed by atoms with E-state index in [2.05, 4.69) is 50.1 Å². The predicted molar refractivity (Wildman–Crippen MR) is 92.1 cm³/mol. The lowest BCUT2D eigenvalue weighted by atomic mass is 10.1. The summed E-state index contributed by atoms with van der Waals surface area (Å²) in [5, 5.41) is 8.06. The second kappa shape index (κ2) is 6.94. The van der Waals surface area contributed by atoms with Crippen LogP contribution in [0.1, 0.15) is 0 Å². The molecule has 0 amide bonds. The van der Waals surface area contributed by atoms with E-state index in [1.165, 1.54) is 25.5 Å². The van der Waals surface area contributed by atoms with Gasteiger partial charge >= 0.3 is 0 Å². The standard InChI is InChI=1S/C16H14S3/c1-4-17-13-7-8-15-12(9-13)10-14(18-5-2)11-16(15)19-6-3/h4-11H,1-3H2. The molecule has 0 N–H and O–H groups in total. The third-order valence-corrected chi connectivity index (χ3v) is 4.63. The molecule has 0 spiro atoms. The van der Waals surface area contributed by atoms with E-state index in [1.54, 1.807) is 35.3 Å². The first kappa shape index (κ1) is 14.4. The van der Waals surface area contributed by atoms with Gasteiger partial charge in [-0.3, -0.25) is 0 Å². The lowest BCUT2D eigenvalue weighted by Gasteiger charge is -2.08. The second-order valence-corrected chi connectivity index (χ2v) is 6.75. The van der Waals surface area contributed by atoms with Crippen LogP contribution in [-0.2, 0) is 0 Å². The van der Waals surface area contributed by atoms with Crippen LogP contribution in [0.15, 0.2) is 81.0 Å². The van der Waals surface area contributed by atoms with Gasteiger partial charge in [0.15, 0.2) is 0 Å². The van der Waals surface area contributed by atoms with Gasteiger partial charge in [0.1, 0.15) is 0 Å². The Balaban J connectivity index is 2.59. The lowest BCUT2D eigenvalue weighted by molar-refractivity contribution is 1.38. The summed E-state index contributed by atoms with van der Waals surface area (Å²) in [5.74, 6) is 0. The van der Waals surface area contributed by atoms with Crippen molar-refractivity contribution >= 4 is 46.1 Å². The first-order chi connectivity index (χ1) is 9.28. The van der Waals surface area contributed by atoms with Gasteiger partial charge in [0.25, 0.3) is 0 Å². The highest BCUT2D eigenvalue weighted by Gasteiger charge is 2.05. The largest absolute Gasteiger partial charge is 0.0987 e. The van der Waals surface area contributed by atoms with E-state index in [4.69, 9.17) is 0 Å². The van der Waals surface area contributed by atoms with Crippen LogP contribution in [-0.4, -0.2) is 0 Å². The molecule has 0 aromatic heterocycles. The first-order valence-corrected chi connectivity index (χ1v) is 8.33. The summed E-state index contributed by atoms with van der Waals surface area (Å²) in [4.78, 5) is 3.64. The van der Waals surface area contributed by atoms with Crippen molar-refractivity contribution in [2.45, 2.75) is 14.7 Å². The number of rotatable bonds is 6. The van der Waals surface area contributed by atoms with Gasteiger partial charge in [-0.1, -0.05) is 61.1 Å². The van der Waals surface area contributed by atoms with Crippen molar-refractivity contribution in [2.24, 2.45) is 0 Å². The fourth-order valence-corrected chi connectivity index (χ4v) is 3.68. The third-order valence-electron chi connectivity index (χ3n) is 2.51. The van der Waals surface area contributed by atoms with E-state index in [-0.39, 0.29) is 0 Å². The fourth-order valence-electron chi connectivity index (χ4n) is 1.81. The van der Waals surface area contributed by atoms with Crippen molar-refractivity contribution in [3.63, 3.8) is 0 Å². The van der Waals surface area contributed by atoms with Crippen LogP contribution in [0.3, 0.4) is 0 Å². The van der Waals surface area contributed by atoms with E-state index >= 15 is 0 Å². The highest BCUT2D eigenvalue weighted by atomic mass is 32.2. The number of hydrogen-bond donors (Lipinski definition) is 0. The number of benzene rings is 2. The third kappa shape index (κ3) is 3.50. The second-order valence-electron chi connectivity index (χ2n) is 3.66. The molecule has 0 aliphatic heterocycles. The number of hydrogen-bond acceptors (Lipinski definition) is 3. The fraction of sp³-hybridized carbons (Fsp3) is 0. The maximum absolute atomic E-state index is 3.80. The quantitative estimate of drug-likeness (QED) is 0.555. The van der Waals surface area contributed by atoms with Gasteiger partial charge in [0, 0.05) is 14.7 Å². The number of fused-ring (bicyclic) bond motifs is 1. The van der Waals surface area contributed by atoms with Gasteiger partial charge in [-0.15, -0.1) is 0 Å². The SMILES string of the molecule is C=CSc1ccc2c(SC=C)cc(SC=C)cc2c1. The minimum atomic E-state index is 1.20. The molecular weight excluding hydrogens is 288 g/mol. The molecule has 0 unspecified atom stereocenters. The normalized spacial score (nSPS) is 10.3. The first-order valence-electron chi connectivity index (χ1n) is 5.69. The monoisotopic (exact) mass is 302 g/mol. The van der Waals surface area contributed by atoms with Crippen molar-refractivity contribution in [1.29, 1.82) is 0 Å². The van der Waals surface area contributed by atoms with Gasteiger partial charge in [0.2, 0.25) is 0 Å². The summed E-state index contributed by atoms with van der Waals surface area (Å²) < 4.78 is 0. The van der Waals surface area contributed by atoms with Gasteiger partial charge in [0.05, 0.1) is 0 Å². The van der Waals surface area contributed by atoms with Crippen LogP contribution in [0.2, 0.25) is 0 Å². The molecule has 0 atom stereocenters. The maximum atomic E-state index is 3.80. The Labute approximate surface area is 127 Å². The molecule has 19 heavy (non-hydrogen) atoms. The Bertz CT molecular complexity index is 624. The average molecular weight is 302 g/mol. The summed E-state index contributed by atoms with van der Waals surface area (Å²) in [6.07, 6.45) is 0. The zero-order valence-corrected chi connectivity index (χ0v) is 12.9. The molecule has 0 saturated heterocycles. The van der Waals surface area contributed by atoms with E-state index in [0.717, 1.165) is 0 Å². The van der Waals surface area contributed by atoms with Crippen LogP contribution in [0.25, 0.3) is 10.8 Å². The van der Waals surface area contributed by atoms with Gasteiger partial charge in [-0.2, -0.15) is 0 Å². The molecule has 2 aromatic carbocycles. The van der Waals surface area contributed by atoms with Crippen molar-refractivity contribution in [2.75, 3.05) is 0 Å². The summed E-state index contributed by atoms with van der Waals surface area (Å²) in [7, 11) is 0. The summed E-state index contributed by atoms with van der Waals surface area (Å²) in [5.41, 5.74) is 0. The minimum Gasteiger partial charge on any atom is -0.0987 e. The smallest absolute Gasteiger partial charge is 0.0205 e. The van der Waals surface area contributed by atoms with Crippen LogP contribution in [0, 0.1) is 0 Å².